The molecule has 1 aliphatic carbocycles. The van der Waals surface area contributed by atoms with E-state index in [0.717, 1.165) is 58.6 Å². The molecule has 0 unspecified atom stereocenters. The first kappa shape index (κ1) is 70.3. The number of aromatic nitrogens is 4. The van der Waals surface area contributed by atoms with Crippen LogP contribution in [-0.2, 0) is 0 Å². The second kappa shape index (κ2) is 41.4. The van der Waals surface area contributed by atoms with E-state index in [0.29, 0.717) is 0 Å². The lowest BCUT2D eigenvalue weighted by molar-refractivity contribution is 0.181. The van der Waals surface area contributed by atoms with Crippen molar-refractivity contribution in [1.29, 1.82) is 0 Å². The smallest absolute Gasteiger partial charge is 0.101 e. The zero-order chi connectivity index (χ0) is 57.7. The zero-order valence-corrected chi connectivity index (χ0v) is 53.3. The highest BCUT2D eigenvalue weighted by Crippen LogP contribution is 2.27. The summed E-state index contributed by atoms with van der Waals surface area (Å²) in [5, 5.41) is 6.71. The third kappa shape index (κ3) is 40.2. The Hall–Kier alpha value is -4.71. The van der Waals surface area contributed by atoms with Crippen molar-refractivity contribution >= 4 is 11.3 Å². The second-order valence-corrected chi connectivity index (χ2v) is 24.1. The standard InChI is InChI=1S/C8H16.C8H10.C7H15N.C7H13N.2C7H9N.C6H14N2.C6H8O.C6H8S.C5H8N2/c4*1-7-3-5-8(2)6-4-7;2*1-6-3-4-7(2)8-5-6;1-7-3-5-8(2)6-4-7;2*1-5-3-4-6(2)7-5;1-4-3-5(2)7-6-4/h7-8H,3-6H2,1-2H3;3-6H,1-2H3;7H,3-6H2,1-2H3;3H,4-6H2,1-2H3;2*3-5H,1-2H3;3-6H2,1-2H3;2*3-4H,1-2H3;3H,1-2H3,(H,6,7). The van der Waals surface area contributed by atoms with Crippen LogP contribution in [0.1, 0.15) is 139 Å². The second-order valence-electron chi connectivity index (χ2n) is 22.6. The van der Waals surface area contributed by atoms with Crippen LogP contribution < -0.4 is 0 Å². The van der Waals surface area contributed by atoms with Crippen LogP contribution in [-0.4, -0.2) is 120 Å². The van der Waals surface area contributed by atoms with Gasteiger partial charge in [0.1, 0.15) is 11.5 Å². The van der Waals surface area contributed by atoms with E-state index in [2.05, 4.69) is 178 Å². The monoisotopic (exact) mass is 1070 g/mol. The molecule has 0 spiro atoms. The van der Waals surface area contributed by atoms with Gasteiger partial charge in [-0.3, -0.25) is 15.1 Å². The molecule has 0 bridgehead atoms. The third-order valence-electron chi connectivity index (χ3n) is 13.6. The highest BCUT2D eigenvalue weighted by Gasteiger charge is 2.13. The van der Waals surface area contributed by atoms with Crippen molar-refractivity contribution in [3.63, 3.8) is 0 Å². The average molecular weight is 1080 g/mol. The fraction of sp³-hybridized carbons (Fsp3) is 0.567. The predicted octanol–water partition coefficient (Wildman–Crippen LogP) is 16.3. The van der Waals surface area contributed by atoms with Crippen LogP contribution in [0.25, 0.3) is 0 Å². The molecule has 5 aromatic heterocycles. The Labute approximate surface area is 476 Å². The van der Waals surface area contributed by atoms with E-state index in [1.54, 1.807) is 5.57 Å². The fourth-order valence-electron chi connectivity index (χ4n) is 7.73. The SMILES string of the molecule is CC1=CCN(C)CC1.CC1CCC(C)CC1.CC1CCN(C)CC1.CN1CCN(C)CC1.Cc1cc(C)[nH]n1.Cc1ccc(C)cc1.Cc1ccc(C)nc1.Cc1ccc(C)nc1.Cc1ccc(C)o1.Cc1ccc(C)s1. The minimum atomic E-state index is 0.978. The number of H-pyrrole nitrogens is 1. The van der Waals surface area contributed by atoms with E-state index in [-0.39, 0.29) is 0 Å². The summed E-state index contributed by atoms with van der Waals surface area (Å²) >= 11 is 1.84. The number of nitrogens with one attached hydrogen (secondary N) is 1. The minimum absolute atomic E-state index is 0.978. The Balaban J connectivity index is 0.000000428. The van der Waals surface area contributed by atoms with Gasteiger partial charge in [-0.05, 0) is 222 Å². The van der Waals surface area contributed by atoms with Crippen molar-refractivity contribution < 1.29 is 4.42 Å². The molecule has 3 aliphatic heterocycles. The molecule has 1 saturated carbocycles. The van der Waals surface area contributed by atoms with Gasteiger partial charge in [-0.15, -0.1) is 11.3 Å². The number of piperidine rings is 1. The molecule has 6 aromatic rings. The van der Waals surface area contributed by atoms with Gasteiger partial charge in [-0.25, -0.2) is 0 Å². The molecule has 4 aliphatic rings. The first-order valence-corrected chi connectivity index (χ1v) is 29.5. The molecule has 8 heterocycles. The Morgan fingerprint density at radius 3 is 1.06 bits per heavy atom. The predicted molar refractivity (Wildman–Crippen MR) is 337 cm³/mol. The van der Waals surface area contributed by atoms with Crippen molar-refractivity contribution in [2.75, 3.05) is 80.5 Å². The molecular weight excluding hydrogens is 965 g/mol. The van der Waals surface area contributed by atoms with Gasteiger partial charge in [0.05, 0.1) is 5.69 Å². The first-order valence-electron chi connectivity index (χ1n) is 28.6. The summed E-state index contributed by atoms with van der Waals surface area (Å²) in [5.74, 6) is 4.98. The van der Waals surface area contributed by atoms with Gasteiger partial charge in [0.2, 0.25) is 0 Å². The number of rotatable bonds is 0. The lowest BCUT2D eigenvalue weighted by Crippen LogP contribution is -2.42. The Morgan fingerprint density at radius 2 is 0.831 bits per heavy atom. The molecule has 1 aromatic carbocycles. The lowest BCUT2D eigenvalue weighted by Gasteiger charge is -2.28. The van der Waals surface area contributed by atoms with Crippen molar-refractivity contribution in [2.45, 2.75) is 156 Å². The summed E-state index contributed by atoms with van der Waals surface area (Å²) in [6, 6.07) is 26.8. The van der Waals surface area contributed by atoms with Crippen LogP contribution in [0.5, 0.6) is 0 Å². The molecule has 0 atom stereocenters. The van der Waals surface area contributed by atoms with Crippen LogP contribution >= 0.6 is 11.3 Å². The number of hydrogen-bond donors (Lipinski definition) is 1. The number of likely N-dealkylation sites (tertiary alicyclic amines) is 1. The Morgan fingerprint density at radius 1 is 0.442 bits per heavy atom. The maximum absolute atomic E-state index is 5.08. The molecule has 0 radical (unpaired) electrons. The summed E-state index contributed by atoms with van der Waals surface area (Å²) in [6.07, 6.45) is 16.0. The van der Waals surface area contributed by atoms with Crippen LogP contribution in [0, 0.1) is 101 Å². The van der Waals surface area contributed by atoms with Gasteiger partial charge in [-0.1, -0.05) is 106 Å². The zero-order valence-electron chi connectivity index (χ0n) is 52.5. The number of likely N-dealkylation sites (N-methyl/N-ethyl adjacent to an activating group) is 3. The first-order chi connectivity index (χ1) is 36.4. The number of aryl methyl sites for hydroxylation is 12. The fourth-order valence-corrected chi connectivity index (χ4v) is 8.51. The third-order valence-corrected chi connectivity index (χ3v) is 14.5. The highest BCUT2D eigenvalue weighted by molar-refractivity contribution is 7.11. The number of furan rings is 1. The number of benzene rings is 1. The van der Waals surface area contributed by atoms with Gasteiger partial charge >= 0.3 is 0 Å². The molecule has 77 heavy (non-hydrogen) atoms. The van der Waals surface area contributed by atoms with E-state index >= 15 is 0 Å². The number of piperazine rings is 1. The minimum Gasteiger partial charge on any atom is -0.467 e. The largest absolute Gasteiger partial charge is 0.467 e. The van der Waals surface area contributed by atoms with Crippen LogP contribution in [0.2, 0.25) is 0 Å². The molecule has 9 nitrogen and oxygen atoms in total. The van der Waals surface area contributed by atoms with Crippen molar-refractivity contribution in [2.24, 2.45) is 17.8 Å². The molecule has 3 fully saturated rings. The molecule has 10 heteroatoms. The van der Waals surface area contributed by atoms with Crippen LogP contribution in [0.4, 0.5) is 0 Å². The molecule has 430 valence electrons. The Bertz CT molecular complexity index is 1960. The maximum atomic E-state index is 5.08. The quantitative estimate of drug-likeness (QED) is 0.151. The topological polar surface area (TPSA) is 80.6 Å². The number of thiophene rings is 1. The lowest BCUT2D eigenvalue weighted by atomic mass is 9.84. The number of hydrogen-bond acceptors (Lipinski definition) is 9. The van der Waals surface area contributed by atoms with Crippen molar-refractivity contribution in [3.8, 4) is 0 Å². The van der Waals surface area contributed by atoms with Gasteiger partial charge in [0.25, 0.3) is 0 Å². The van der Waals surface area contributed by atoms with E-state index in [9.17, 15) is 0 Å². The van der Waals surface area contributed by atoms with Crippen LogP contribution in [0.3, 0.4) is 0 Å². The van der Waals surface area contributed by atoms with E-state index in [4.69, 9.17) is 4.42 Å². The van der Waals surface area contributed by atoms with E-state index in [1.165, 1.54) is 123 Å². The maximum Gasteiger partial charge on any atom is 0.101 e. The Kier molecular flexibility index (Phi) is 37.8. The van der Waals surface area contributed by atoms with E-state index in [1.807, 2.05) is 109 Å². The molecule has 1 N–H and O–H groups in total. The summed E-state index contributed by atoms with van der Waals surface area (Å²) in [5.41, 5.74) is 11.0. The summed E-state index contributed by atoms with van der Waals surface area (Å²) < 4.78 is 5.08. The summed E-state index contributed by atoms with van der Waals surface area (Å²) in [7, 11) is 8.70. The van der Waals surface area contributed by atoms with Crippen LogP contribution in [0.15, 0.2) is 107 Å². The highest BCUT2D eigenvalue weighted by atomic mass is 32.1. The number of aromatic amines is 1. The normalized spacial score (nSPS) is 17.4. The molecule has 0 amide bonds. The molecule has 10 rings (SSSR count). The number of pyridine rings is 2. The van der Waals surface area contributed by atoms with Gasteiger partial charge in [0, 0.05) is 78.5 Å². The van der Waals surface area contributed by atoms with Crippen molar-refractivity contribution in [1.82, 2.24) is 39.8 Å². The number of nitrogens with zero attached hydrogens (tertiary/aromatic N) is 7. The van der Waals surface area contributed by atoms with Gasteiger partial charge in [-0.2, -0.15) is 5.10 Å². The summed E-state index contributed by atoms with van der Waals surface area (Å²) in [4.78, 5) is 20.4. The van der Waals surface area contributed by atoms with Gasteiger partial charge in [0.15, 0.2) is 0 Å². The van der Waals surface area contributed by atoms with E-state index < -0.39 is 0 Å². The average Bonchev–Trinajstić information content (AvgIpc) is 4.12. The van der Waals surface area contributed by atoms with Gasteiger partial charge < -0.3 is 24.0 Å². The molecular formula is C67H110N8OS. The van der Waals surface area contributed by atoms with Crippen molar-refractivity contribution in [3.05, 3.63) is 169 Å². The molecule has 2 saturated heterocycles. The summed E-state index contributed by atoms with van der Waals surface area (Å²) in [6.45, 7) is 43.5.